The molecule has 0 aliphatic carbocycles. The molecule has 0 spiro atoms. The van der Waals surface area contributed by atoms with Crippen molar-refractivity contribution in [2.75, 3.05) is 7.05 Å². The fourth-order valence-electron chi connectivity index (χ4n) is 0.581. The van der Waals surface area contributed by atoms with Crippen LogP contribution in [0.15, 0.2) is 12.2 Å². The zero-order valence-corrected chi connectivity index (χ0v) is 5.64. The Labute approximate surface area is 54.4 Å². The third kappa shape index (κ3) is 2.28. The van der Waals surface area contributed by atoms with Gasteiger partial charge in [-0.3, -0.25) is 4.79 Å². The molecule has 0 aliphatic rings. The molecular weight excluding hydrogens is 118 g/mol. The molecule has 0 rings (SSSR count). The Hall–Kier alpha value is -0.830. The van der Waals surface area contributed by atoms with Gasteiger partial charge in [0, 0.05) is 0 Å². The topological polar surface area (TPSA) is 49.3 Å². The Morgan fingerprint density at radius 2 is 2.22 bits per heavy atom. The molecule has 2 N–H and O–H groups in total. The molecule has 0 radical (unpaired) electrons. The van der Waals surface area contributed by atoms with Crippen LogP contribution in [0.4, 0.5) is 0 Å². The normalized spacial score (nSPS) is 12.7. The Bertz CT molecular complexity index is 117. The van der Waals surface area contributed by atoms with Gasteiger partial charge in [-0.25, -0.2) is 0 Å². The SMILES string of the molecule is C=C(C)[C@H](NC)C(=O)O. The first-order valence-electron chi connectivity index (χ1n) is 2.65. The summed E-state index contributed by atoms with van der Waals surface area (Å²) in [5.41, 5.74) is 0.616. The van der Waals surface area contributed by atoms with E-state index in [4.69, 9.17) is 5.11 Å². The van der Waals surface area contributed by atoms with Gasteiger partial charge in [-0.15, -0.1) is 0 Å². The summed E-state index contributed by atoms with van der Waals surface area (Å²) in [6, 6.07) is -0.606. The Morgan fingerprint density at radius 1 is 1.78 bits per heavy atom. The van der Waals surface area contributed by atoms with Crippen LogP contribution in [0.1, 0.15) is 6.92 Å². The quantitative estimate of drug-likeness (QED) is 0.536. The summed E-state index contributed by atoms with van der Waals surface area (Å²) in [6.07, 6.45) is 0. The number of hydrogen-bond acceptors (Lipinski definition) is 2. The highest BCUT2D eigenvalue weighted by Gasteiger charge is 2.13. The molecule has 0 aliphatic heterocycles. The third-order valence-corrected chi connectivity index (χ3v) is 1.03. The Morgan fingerprint density at radius 3 is 2.22 bits per heavy atom. The van der Waals surface area contributed by atoms with Crippen molar-refractivity contribution in [3.05, 3.63) is 12.2 Å². The molecule has 0 bridgehead atoms. The van der Waals surface area contributed by atoms with Gasteiger partial charge in [0.1, 0.15) is 6.04 Å². The van der Waals surface area contributed by atoms with Crippen LogP contribution in [0.3, 0.4) is 0 Å². The summed E-state index contributed by atoms with van der Waals surface area (Å²) in [5, 5.41) is 11.0. The van der Waals surface area contributed by atoms with Gasteiger partial charge in [-0.05, 0) is 14.0 Å². The average Bonchev–Trinajstić information content (AvgIpc) is 1.64. The maximum Gasteiger partial charge on any atom is 0.324 e. The van der Waals surface area contributed by atoms with Gasteiger partial charge in [0.25, 0.3) is 0 Å². The fourth-order valence-corrected chi connectivity index (χ4v) is 0.581. The fraction of sp³-hybridized carbons (Fsp3) is 0.500. The van der Waals surface area contributed by atoms with Crippen molar-refractivity contribution in [1.82, 2.24) is 5.32 Å². The van der Waals surface area contributed by atoms with Crippen LogP contribution in [-0.2, 0) is 4.79 Å². The number of nitrogens with one attached hydrogen (secondary N) is 1. The van der Waals surface area contributed by atoms with Crippen molar-refractivity contribution < 1.29 is 9.90 Å². The molecule has 0 aromatic carbocycles. The van der Waals surface area contributed by atoms with E-state index in [0.717, 1.165) is 0 Å². The van der Waals surface area contributed by atoms with E-state index in [1.54, 1.807) is 14.0 Å². The second kappa shape index (κ2) is 3.25. The summed E-state index contributed by atoms with van der Waals surface area (Å²) in [5.74, 6) is -0.884. The summed E-state index contributed by atoms with van der Waals surface area (Å²) in [6.45, 7) is 5.18. The van der Waals surface area contributed by atoms with Gasteiger partial charge in [0.2, 0.25) is 0 Å². The molecule has 0 unspecified atom stereocenters. The van der Waals surface area contributed by atoms with Gasteiger partial charge in [-0.2, -0.15) is 0 Å². The van der Waals surface area contributed by atoms with Crippen LogP contribution < -0.4 is 5.32 Å². The smallest absolute Gasteiger partial charge is 0.324 e. The lowest BCUT2D eigenvalue weighted by Gasteiger charge is -2.08. The van der Waals surface area contributed by atoms with Crippen LogP contribution >= 0.6 is 0 Å². The van der Waals surface area contributed by atoms with Crippen LogP contribution in [0, 0.1) is 0 Å². The Balaban J connectivity index is 3.99. The van der Waals surface area contributed by atoms with E-state index in [0.29, 0.717) is 5.57 Å². The third-order valence-electron chi connectivity index (χ3n) is 1.03. The molecule has 0 fully saturated rings. The Kier molecular flexibility index (Phi) is 2.95. The van der Waals surface area contributed by atoms with Crippen molar-refractivity contribution in [2.24, 2.45) is 0 Å². The largest absolute Gasteiger partial charge is 0.480 e. The van der Waals surface area contributed by atoms with Crippen molar-refractivity contribution in [3.8, 4) is 0 Å². The zero-order valence-electron chi connectivity index (χ0n) is 5.64. The second-order valence-electron chi connectivity index (χ2n) is 1.91. The molecule has 52 valence electrons. The summed E-state index contributed by atoms with van der Waals surface area (Å²) < 4.78 is 0. The van der Waals surface area contributed by atoms with E-state index in [1.807, 2.05) is 0 Å². The number of carboxylic acid groups (broad SMARTS) is 1. The van der Waals surface area contributed by atoms with Crippen LogP contribution in [0.5, 0.6) is 0 Å². The van der Waals surface area contributed by atoms with Gasteiger partial charge >= 0.3 is 5.97 Å². The molecule has 0 saturated carbocycles. The minimum Gasteiger partial charge on any atom is -0.480 e. The zero-order chi connectivity index (χ0) is 7.44. The lowest BCUT2D eigenvalue weighted by molar-refractivity contribution is -0.138. The minimum atomic E-state index is -0.884. The van der Waals surface area contributed by atoms with Crippen LogP contribution in [-0.4, -0.2) is 24.2 Å². The molecule has 1 atom stereocenters. The number of rotatable bonds is 3. The standard InChI is InChI=1S/C6H11NO2/c1-4(2)5(7-3)6(8)9/h5,7H,1H2,2-3H3,(H,8,9)/t5-/m0/s1. The number of carboxylic acids is 1. The van der Waals surface area contributed by atoms with Gasteiger partial charge < -0.3 is 10.4 Å². The molecular formula is C6H11NO2. The van der Waals surface area contributed by atoms with E-state index >= 15 is 0 Å². The minimum absolute atomic E-state index is 0.606. The first kappa shape index (κ1) is 8.17. The molecule has 9 heavy (non-hydrogen) atoms. The lowest BCUT2D eigenvalue weighted by atomic mass is 10.1. The molecule has 3 nitrogen and oxygen atoms in total. The predicted molar refractivity (Wildman–Crippen MR) is 35.3 cm³/mol. The van der Waals surface area contributed by atoms with Crippen molar-refractivity contribution in [2.45, 2.75) is 13.0 Å². The highest BCUT2D eigenvalue weighted by atomic mass is 16.4. The number of carbonyl (C=O) groups is 1. The molecule has 3 heteroatoms. The van der Waals surface area contributed by atoms with Crippen LogP contribution in [0.25, 0.3) is 0 Å². The van der Waals surface area contributed by atoms with E-state index in [2.05, 4.69) is 11.9 Å². The van der Waals surface area contributed by atoms with Crippen molar-refractivity contribution in [1.29, 1.82) is 0 Å². The summed E-state index contributed by atoms with van der Waals surface area (Å²) in [7, 11) is 1.59. The van der Waals surface area contributed by atoms with Gasteiger partial charge in [-0.1, -0.05) is 12.2 Å². The maximum absolute atomic E-state index is 10.2. The summed E-state index contributed by atoms with van der Waals surface area (Å²) >= 11 is 0. The van der Waals surface area contributed by atoms with E-state index < -0.39 is 12.0 Å². The highest BCUT2D eigenvalue weighted by molar-refractivity contribution is 5.76. The second-order valence-corrected chi connectivity index (χ2v) is 1.91. The number of hydrogen-bond donors (Lipinski definition) is 2. The van der Waals surface area contributed by atoms with Crippen molar-refractivity contribution in [3.63, 3.8) is 0 Å². The number of aliphatic carboxylic acids is 1. The van der Waals surface area contributed by atoms with E-state index in [1.165, 1.54) is 0 Å². The summed E-state index contributed by atoms with van der Waals surface area (Å²) in [4.78, 5) is 10.2. The van der Waals surface area contributed by atoms with Gasteiger partial charge in [0.05, 0.1) is 0 Å². The highest BCUT2D eigenvalue weighted by Crippen LogP contribution is 1.95. The van der Waals surface area contributed by atoms with E-state index in [9.17, 15) is 4.79 Å². The molecule has 0 amide bonds. The lowest BCUT2D eigenvalue weighted by Crippen LogP contribution is -2.34. The monoisotopic (exact) mass is 129 g/mol. The predicted octanol–water partition coefficient (Wildman–Crippen LogP) is 0.235. The molecule has 0 aromatic rings. The van der Waals surface area contributed by atoms with Crippen LogP contribution in [0.2, 0.25) is 0 Å². The van der Waals surface area contributed by atoms with Gasteiger partial charge in [0.15, 0.2) is 0 Å². The first-order valence-corrected chi connectivity index (χ1v) is 2.65. The van der Waals surface area contributed by atoms with Crippen molar-refractivity contribution >= 4 is 5.97 Å². The molecule has 0 saturated heterocycles. The average molecular weight is 129 g/mol. The maximum atomic E-state index is 10.2. The molecule has 0 aromatic heterocycles. The molecule has 0 heterocycles. The first-order chi connectivity index (χ1) is 4.09. The van der Waals surface area contributed by atoms with E-state index in [-0.39, 0.29) is 0 Å². The number of likely N-dealkylation sites (N-methyl/N-ethyl adjacent to an activating group) is 1.